The van der Waals surface area contributed by atoms with E-state index in [9.17, 15) is 0 Å². The highest BCUT2D eigenvalue weighted by Gasteiger charge is 2.04. The van der Waals surface area contributed by atoms with Crippen molar-refractivity contribution in [1.29, 1.82) is 0 Å². The van der Waals surface area contributed by atoms with Crippen LogP contribution in [0.5, 0.6) is 5.75 Å². The van der Waals surface area contributed by atoms with Crippen molar-refractivity contribution in [3.63, 3.8) is 0 Å². The van der Waals surface area contributed by atoms with Gasteiger partial charge in [-0.3, -0.25) is 0 Å². The first-order chi connectivity index (χ1) is 6.77. The van der Waals surface area contributed by atoms with Crippen LogP contribution in [0.2, 0.25) is 0 Å². The summed E-state index contributed by atoms with van der Waals surface area (Å²) in [6.45, 7) is 1.97. The molecule has 14 heavy (non-hydrogen) atoms. The Labute approximate surface area is 94.0 Å². The van der Waals surface area contributed by atoms with Crippen LogP contribution in [0.1, 0.15) is 5.56 Å². The summed E-state index contributed by atoms with van der Waals surface area (Å²) in [6, 6.07) is 8.13. The van der Waals surface area contributed by atoms with E-state index in [1.807, 2.05) is 18.2 Å². The molecular weight excluding hydrogens is 242 g/mol. The number of rotatable bonds is 5. The van der Waals surface area contributed by atoms with Gasteiger partial charge in [-0.05, 0) is 13.1 Å². The van der Waals surface area contributed by atoms with E-state index < -0.39 is 0 Å². The van der Waals surface area contributed by atoms with Crippen LogP contribution >= 0.6 is 15.9 Å². The molecule has 2 nitrogen and oxygen atoms in total. The molecule has 0 amide bonds. The third kappa shape index (κ3) is 3.31. The third-order valence-corrected chi connectivity index (χ3v) is 2.45. The predicted molar refractivity (Wildman–Crippen MR) is 63.1 cm³/mol. The summed E-state index contributed by atoms with van der Waals surface area (Å²) in [4.78, 5) is 2.26. The second kappa shape index (κ2) is 6.04. The maximum absolute atomic E-state index is 5.29. The van der Waals surface area contributed by atoms with Crippen molar-refractivity contribution in [2.24, 2.45) is 0 Å². The Kier molecular flexibility index (Phi) is 4.98. The second-order valence-corrected chi connectivity index (χ2v) is 4.03. The molecule has 0 saturated heterocycles. The average Bonchev–Trinajstić information content (AvgIpc) is 2.19. The van der Waals surface area contributed by atoms with Crippen molar-refractivity contribution in [1.82, 2.24) is 4.90 Å². The number of benzene rings is 1. The van der Waals surface area contributed by atoms with E-state index in [1.54, 1.807) is 7.11 Å². The maximum atomic E-state index is 5.29. The summed E-state index contributed by atoms with van der Waals surface area (Å²) in [6.07, 6.45) is 0. The summed E-state index contributed by atoms with van der Waals surface area (Å²) < 4.78 is 5.29. The Morgan fingerprint density at radius 1 is 1.36 bits per heavy atom. The topological polar surface area (TPSA) is 12.5 Å². The Balaban J connectivity index is 2.65. The molecule has 0 radical (unpaired) electrons. The highest BCUT2D eigenvalue weighted by Crippen LogP contribution is 2.18. The number of halogens is 1. The van der Waals surface area contributed by atoms with Gasteiger partial charge in [0, 0.05) is 24.0 Å². The van der Waals surface area contributed by atoms with Crippen LogP contribution in [0.25, 0.3) is 0 Å². The van der Waals surface area contributed by atoms with Gasteiger partial charge >= 0.3 is 0 Å². The Hall–Kier alpha value is -0.540. The molecule has 0 aromatic heterocycles. The summed E-state index contributed by atoms with van der Waals surface area (Å²) >= 11 is 3.43. The molecule has 3 heteroatoms. The van der Waals surface area contributed by atoms with E-state index in [0.29, 0.717) is 0 Å². The van der Waals surface area contributed by atoms with Crippen molar-refractivity contribution in [3.05, 3.63) is 29.8 Å². The van der Waals surface area contributed by atoms with Crippen molar-refractivity contribution in [2.45, 2.75) is 6.54 Å². The van der Waals surface area contributed by atoms with Crippen LogP contribution in [0.3, 0.4) is 0 Å². The minimum absolute atomic E-state index is 0.926. The van der Waals surface area contributed by atoms with Gasteiger partial charge in [-0.2, -0.15) is 0 Å². The fourth-order valence-corrected chi connectivity index (χ4v) is 1.95. The molecule has 0 aliphatic heterocycles. The minimum atomic E-state index is 0.926. The molecule has 0 saturated carbocycles. The van der Waals surface area contributed by atoms with Gasteiger partial charge in [0.2, 0.25) is 0 Å². The molecule has 0 fully saturated rings. The first-order valence-corrected chi connectivity index (χ1v) is 5.76. The molecule has 1 rings (SSSR count). The van der Waals surface area contributed by atoms with E-state index in [0.717, 1.165) is 24.2 Å². The van der Waals surface area contributed by atoms with Crippen molar-refractivity contribution < 1.29 is 4.74 Å². The summed E-state index contributed by atoms with van der Waals surface area (Å²) in [5.41, 5.74) is 1.23. The molecule has 0 aliphatic rings. The zero-order valence-corrected chi connectivity index (χ0v) is 10.3. The molecule has 0 atom stereocenters. The van der Waals surface area contributed by atoms with Gasteiger partial charge in [-0.25, -0.2) is 0 Å². The fourth-order valence-electron chi connectivity index (χ4n) is 1.35. The Morgan fingerprint density at radius 3 is 2.71 bits per heavy atom. The van der Waals surface area contributed by atoms with Gasteiger partial charge in [0.15, 0.2) is 0 Å². The monoisotopic (exact) mass is 257 g/mol. The third-order valence-electron chi connectivity index (χ3n) is 2.10. The Morgan fingerprint density at radius 2 is 2.07 bits per heavy atom. The van der Waals surface area contributed by atoms with Crippen LogP contribution in [0.15, 0.2) is 24.3 Å². The van der Waals surface area contributed by atoms with Crippen molar-refractivity contribution in [3.8, 4) is 5.75 Å². The van der Waals surface area contributed by atoms with Gasteiger partial charge < -0.3 is 9.64 Å². The van der Waals surface area contributed by atoms with Gasteiger partial charge in [-0.15, -0.1) is 0 Å². The molecular formula is C11H16BrNO. The lowest BCUT2D eigenvalue weighted by Gasteiger charge is -2.16. The molecule has 0 heterocycles. The second-order valence-electron chi connectivity index (χ2n) is 3.24. The summed E-state index contributed by atoms with van der Waals surface area (Å²) in [5.74, 6) is 0.967. The highest BCUT2D eigenvalue weighted by molar-refractivity contribution is 9.09. The number of nitrogens with zero attached hydrogens (tertiary/aromatic N) is 1. The van der Waals surface area contributed by atoms with Crippen LogP contribution in [-0.4, -0.2) is 30.9 Å². The molecule has 0 spiro atoms. The maximum Gasteiger partial charge on any atom is 0.123 e. The SMILES string of the molecule is COc1ccccc1CN(C)CCBr. The van der Waals surface area contributed by atoms with Gasteiger partial charge in [0.25, 0.3) is 0 Å². The van der Waals surface area contributed by atoms with Crippen molar-refractivity contribution >= 4 is 15.9 Å². The number of ether oxygens (including phenoxy) is 1. The molecule has 78 valence electrons. The average molecular weight is 258 g/mol. The number of alkyl halides is 1. The minimum Gasteiger partial charge on any atom is -0.496 e. The van der Waals surface area contributed by atoms with Crippen LogP contribution in [-0.2, 0) is 6.54 Å². The quantitative estimate of drug-likeness (QED) is 0.752. The first-order valence-electron chi connectivity index (χ1n) is 4.64. The lowest BCUT2D eigenvalue weighted by Crippen LogP contribution is -2.20. The lowest BCUT2D eigenvalue weighted by atomic mass is 10.2. The van der Waals surface area contributed by atoms with Crippen LogP contribution in [0, 0.1) is 0 Å². The molecule has 1 aromatic rings. The van der Waals surface area contributed by atoms with Crippen LogP contribution in [0.4, 0.5) is 0 Å². The van der Waals surface area contributed by atoms with Crippen molar-refractivity contribution in [2.75, 3.05) is 26.0 Å². The zero-order chi connectivity index (χ0) is 10.4. The molecule has 0 unspecified atom stereocenters. The number of methoxy groups -OCH3 is 1. The number of para-hydroxylation sites is 1. The normalized spacial score (nSPS) is 10.6. The number of hydrogen-bond acceptors (Lipinski definition) is 2. The van der Waals surface area contributed by atoms with E-state index in [4.69, 9.17) is 4.74 Å². The smallest absolute Gasteiger partial charge is 0.123 e. The number of hydrogen-bond donors (Lipinski definition) is 0. The van der Waals surface area contributed by atoms with E-state index in [1.165, 1.54) is 5.56 Å². The largest absolute Gasteiger partial charge is 0.496 e. The summed E-state index contributed by atoms with van der Waals surface area (Å²) in [7, 11) is 3.82. The molecule has 1 aromatic carbocycles. The van der Waals surface area contributed by atoms with Gasteiger partial charge in [0.1, 0.15) is 5.75 Å². The Bertz CT molecular complexity index is 278. The van der Waals surface area contributed by atoms with E-state index >= 15 is 0 Å². The standard InChI is InChI=1S/C11H16BrNO/c1-13(8-7-12)9-10-5-3-4-6-11(10)14-2/h3-6H,7-9H2,1-2H3. The molecule has 0 aliphatic carbocycles. The molecule has 0 N–H and O–H groups in total. The fraction of sp³-hybridized carbons (Fsp3) is 0.455. The summed E-state index contributed by atoms with van der Waals surface area (Å²) in [5, 5.41) is 0.999. The lowest BCUT2D eigenvalue weighted by molar-refractivity contribution is 0.336. The van der Waals surface area contributed by atoms with E-state index in [-0.39, 0.29) is 0 Å². The van der Waals surface area contributed by atoms with Gasteiger partial charge in [-0.1, -0.05) is 34.1 Å². The molecule has 0 bridgehead atoms. The van der Waals surface area contributed by atoms with Crippen LogP contribution < -0.4 is 4.74 Å². The highest BCUT2D eigenvalue weighted by atomic mass is 79.9. The zero-order valence-electron chi connectivity index (χ0n) is 8.66. The van der Waals surface area contributed by atoms with Gasteiger partial charge in [0.05, 0.1) is 7.11 Å². The predicted octanol–water partition coefficient (Wildman–Crippen LogP) is 2.52. The first kappa shape index (κ1) is 11.5. The van der Waals surface area contributed by atoms with E-state index in [2.05, 4.69) is 33.9 Å².